The number of carbonyl (C=O) groups is 1. The maximum atomic E-state index is 11.8. The first kappa shape index (κ1) is 17.1. The van der Waals surface area contributed by atoms with E-state index in [0.717, 1.165) is 17.1 Å². The van der Waals surface area contributed by atoms with Crippen LogP contribution in [0.15, 0.2) is 18.3 Å². The molecule has 0 aromatic carbocycles. The van der Waals surface area contributed by atoms with Gasteiger partial charge in [0.25, 0.3) is 0 Å². The number of thioether (sulfide) groups is 1. The maximum Gasteiger partial charge on any atom is 0.221 e. The second-order valence-corrected chi connectivity index (χ2v) is 6.89. The summed E-state index contributed by atoms with van der Waals surface area (Å²) in [5.41, 5.74) is 1.10. The Bertz CT molecular complexity index is 475. The molecule has 22 heavy (non-hydrogen) atoms. The van der Waals surface area contributed by atoms with Crippen LogP contribution in [0, 0.1) is 0 Å². The summed E-state index contributed by atoms with van der Waals surface area (Å²) in [5.74, 6) is 2.00. The fourth-order valence-electron chi connectivity index (χ4n) is 3.00. The summed E-state index contributed by atoms with van der Waals surface area (Å²) in [6.07, 6.45) is 10.9. The van der Waals surface area contributed by atoms with Crippen LogP contribution in [0.4, 0.5) is 5.82 Å². The summed E-state index contributed by atoms with van der Waals surface area (Å²) in [6.45, 7) is 0.563. The second-order valence-electron chi connectivity index (χ2n) is 5.91. The quantitative estimate of drug-likeness (QED) is 0.837. The predicted molar refractivity (Wildman–Crippen MR) is 94.4 cm³/mol. The van der Waals surface area contributed by atoms with Crippen LogP contribution in [-0.4, -0.2) is 36.0 Å². The predicted octanol–water partition coefficient (Wildman–Crippen LogP) is 3.22. The van der Waals surface area contributed by atoms with Gasteiger partial charge in [0.2, 0.25) is 5.91 Å². The molecule has 0 saturated heterocycles. The standard InChI is InChI=1S/C17H27N3OS/c1-20(15-8-4-3-5-9-15)17-14(7-6-11-18-17)13-19-16(21)10-12-22-2/h6-7,11,15H,3-5,8-10,12-13H2,1-2H3,(H,19,21). The lowest BCUT2D eigenvalue weighted by Gasteiger charge is -2.33. The van der Waals surface area contributed by atoms with Crippen molar-refractivity contribution in [3.8, 4) is 0 Å². The van der Waals surface area contributed by atoms with E-state index in [4.69, 9.17) is 0 Å². The Kier molecular flexibility index (Phi) is 7.03. The van der Waals surface area contributed by atoms with E-state index in [2.05, 4.69) is 28.3 Å². The van der Waals surface area contributed by atoms with Gasteiger partial charge in [-0.1, -0.05) is 25.3 Å². The van der Waals surface area contributed by atoms with Crippen molar-refractivity contribution in [3.63, 3.8) is 0 Å². The summed E-state index contributed by atoms with van der Waals surface area (Å²) in [5, 5.41) is 3.01. The van der Waals surface area contributed by atoms with Crippen LogP contribution in [0.25, 0.3) is 0 Å². The summed E-state index contributed by atoms with van der Waals surface area (Å²) in [6, 6.07) is 4.59. The topological polar surface area (TPSA) is 45.2 Å². The van der Waals surface area contributed by atoms with Gasteiger partial charge in [-0.05, 0) is 25.2 Å². The van der Waals surface area contributed by atoms with Crippen molar-refractivity contribution in [1.82, 2.24) is 10.3 Å². The number of carbonyl (C=O) groups excluding carboxylic acids is 1. The van der Waals surface area contributed by atoms with E-state index in [-0.39, 0.29) is 5.91 Å². The van der Waals surface area contributed by atoms with Crippen LogP contribution in [0.3, 0.4) is 0 Å². The van der Waals surface area contributed by atoms with Gasteiger partial charge < -0.3 is 10.2 Å². The Hall–Kier alpha value is -1.23. The zero-order valence-electron chi connectivity index (χ0n) is 13.7. The molecule has 1 aliphatic rings. The van der Waals surface area contributed by atoms with E-state index in [9.17, 15) is 4.79 Å². The summed E-state index contributed by atoms with van der Waals surface area (Å²) < 4.78 is 0. The summed E-state index contributed by atoms with van der Waals surface area (Å²) >= 11 is 1.70. The lowest BCUT2D eigenvalue weighted by Crippen LogP contribution is -2.35. The SMILES string of the molecule is CSCCC(=O)NCc1cccnc1N(C)C1CCCCC1. The smallest absolute Gasteiger partial charge is 0.221 e. The number of pyridine rings is 1. The highest BCUT2D eigenvalue weighted by Crippen LogP contribution is 2.26. The Morgan fingerprint density at radius 2 is 2.18 bits per heavy atom. The first-order valence-electron chi connectivity index (χ1n) is 8.14. The van der Waals surface area contributed by atoms with Crippen molar-refractivity contribution in [3.05, 3.63) is 23.9 Å². The minimum absolute atomic E-state index is 0.115. The van der Waals surface area contributed by atoms with Gasteiger partial charge in [0.15, 0.2) is 0 Å². The van der Waals surface area contributed by atoms with Gasteiger partial charge in [-0.2, -0.15) is 11.8 Å². The van der Waals surface area contributed by atoms with Gasteiger partial charge in [-0.25, -0.2) is 4.98 Å². The second kappa shape index (κ2) is 9.03. The lowest BCUT2D eigenvalue weighted by atomic mass is 9.94. The molecule has 0 bridgehead atoms. The molecule has 1 N–H and O–H groups in total. The van der Waals surface area contributed by atoms with Crippen molar-refractivity contribution < 1.29 is 4.79 Å². The first-order chi connectivity index (χ1) is 10.7. The number of rotatable bonds is 7. The van der Waals surface area contributed by atoms with E-state index in [1.165, 1.54) is 32.1 Å². The molecule has 5 heteroatoms. The van der Waals surface area contributed by atoms with Crippen molar-refractivity contribution >= 4 is 23.5 Å². The van der Waals surface area contributed by atoms with Crippen molar-refractivity contribution in [2.75, 3.05) is 24.0 Å². The van der Waals surface area contributed by atoms with Gasteiger partial charge in [0.05, 0.1) is 0 Å². The average molecular weight is 321 g/mol. The van der Waals surface area contributed by atoms with Gasteiger partial charge in [-0.15, -0.1) is 0 Å². The monoisotopic (exact) mass is 321 g/mol. The third-order valence-corrected chi connectivity index (χ3v) is 4.95. The number of aromatic nitrogens is 1. The molecule has 0 aliphatic heterocycles. The van der Waals surface area contributed by atoms with Gasteiger partial charge in [-0.3, -0.25) is 4.79 Å². The zero-order chi connectivity index (χ0) is 15.8. The first-order valence-corrected chi connectivity index (χ1v) is 9.54. The number of hydrogen-bond acceptors (Lipinski definition) is 4. The van der Waals surface area contributed by atoms with Crippen LogP contribution in [-0.2, 0) is 11.3 Å². The molecule has 1 saturated carbocycles. The summed E-state index contributed by atoms with van der Waals surface area (Å²) in [7, 11) is 2.14. The summed E-state index contributed by atoms with van der Waals surface area (Å²) in [4.78, 5) is 18.7. The average Bonchev–Trinajstić information content (AvgIpc) is 2.58. The molecule has 1 amide bonds. The third kappa shape index (κ3) is 4.90. The highest BCUT2D eigenvalue weighted by molar-refractivity contribution is 7.98. The van der Waals surface area contributed by atoms with Crippen LogP contribution in [0.5, 0.6) is 0 Å². The Balaban J connectivity index is 1.98. The van der Waals surface area contributed by atoms with Gasteiger partial charge in [0, 0.05) is 43.6 Å². The van der Waals surface area contributed by atoms with Crippen LogP contribution in [0.1, 0.15) is 44.1 Å². The molecule has 0 radical (unpaired) electrons. The molecular weight excluding hydrogens is 294 g/mol. The van der Waals surface area contributed by atoms with Gasteiger partial charge in [0.1, 0.15) is 5.82 Å². The fraction of sp³-hybridized carbons (Fsp3) is 0.647. The largest absolute Gasteiger partial charge is 0.356 e. The van der Waals surface area contributed by atoms with E-state index >= 15 is 0 Å². The zero-order valence-corrected chi connectivity index (χ0v) is 14.5. The van der Waals surface area contributed by atoms with E-state index in [1.54, 1.807) is 11.8 Å². The molecule has 4 nitrogen and oxygen atoms in total. The number of nitrogens with zero attached hydrogens (tertiary/aromatic N) is 2. The highest BCUT2D eigenvalue weighted by Gasteiger charge is 2.21. The Morgan fingerprint density at radius 3 is 2.91 bits per heavy atom. The molecule has 2 rings (SSSR count). The van der Waals surface area contributed by atoms with E-state index in [0.29, 0.717) is 19.0 Å². The van der Waals surface area contributed by atoms with E-state index < -0.39 is 0 Å². The number of nitrogens with one attached hydrogen (secondary N) is 1. The molecule has 1 fully saturated rings. The third-order valence-electron chi connectivity index (χ3n) is 4.33. The normalized spacial score (nSPS) is 15.5. The van der Waals surface area contributed by atoms with Crippen molar-refractivity contribution in [2.45, 2.75) is 51.1 Å². The molecule has 1 aromatic rings. The number of anilines is 1. The molecule has 1 heterocycles. The molecule has 0 unspecified atom stereocenters. The van der Waals surface area contributed by atoms with Crippen molar-refractivity contribution in [2.24, 2.45) is 0 Å². The lowest BCUT2D eigenvalue weighted by molar-refractivity contribution is -0.120. The molecule has 0 spiro atoms. The number of amides is 1. The molecule has 1 aromatic heterocycles. The molecular formula is C17H27N3OS. The Labute approximate surface area is 138 Å². The Morgan fingerprint density at radius 1 is 1.41 bits per heavy atom. The minimum atomic E-state index is 0.115. The highest BCUT2D eigenvalue weighted by atomic mass is 32.2. The fourth-order valence-corrected chi connectivity index (χ4v) is 3.39. The van der Waals surface area contributed by atoms with Crippen LogP contribution < -0.4 is 10.2 Å². The molecule has 122 valence electrons. The van der Waals surface area contributed by atoms with Crippen LogP contribution >= 0.6 is 11.8 Å². The maximum absolute atomic E-state index is 11.8. The number of hydrogen-bond donors (Lipinski definition) is 1. The van der Waals surface area contributed by atoms with Crippen molar-refractivity contribution in [1.29, 1.82) is 0 Å². The van der Waals surface area contributed by atoms with Gasteiger partial charge >= 0.3 is 0 Å². The molecule has 1 aliphatic carbocycles. The molecule has 0 atom stereocenters. The van der Waals surface area contributed by atoms with Crippen LogP contribution in [0.2, 0.25) is 0 Å². The minimum Gasteiger partial charge on any atom is -0.356 e. The van der Waals surface area contributed by atoms with E-state index in [1.807, 2.05) is 18.5 Å².